The summed E-state index contributed by atoms with van der Waals surface area (Å²) in [7, 11) is 0. The van der Waals surface area contributed by atoms with Crippen LogP contribution in [0, 0.1) is 5.92 Å². The molecular weight excluding hydrogens is 404 g/mol. The predicted octanol–water partition coefficient (Wildman–Crippen LogP) is 3.98. The molecule has 1 aliphatic carbocycles. The second-order valence-electron chi connectivity index (χ2n) is 9.36. The van der Waals surface area contributed by atoms with Crippen LogP contribution in [0.2, 0.25) is 0 Å². The van der Waals surface area contributed by atoms with Crippen molar-refractivity contribution in [2.45, 2.75) is 70.8 Å². The number of aliphatic hydroxyl groups excluding tert-OH is 1. The molecule has 0 aromatic heterocycles. The third-order valence-electron chi connectivity index (χ3n) is 6.99. The Morgan fingerprint density at radius 1 is 0.969 bits per heavy atom. The smallest absolute Gasteiger partial charge is 0.278 e. The zero-order valence-corrected chi connectivity index (χ0v) is 19.2. The van der Waals surface area contributed by atoms with Gasteiger partial charge in [-0.15, -0.1) is 0 Å². The fourth-order valence-corrected chi connectivity index (χ4v) is 5.29. The van der Waals surface area contributed by atoms with Gasteiger partial charge in [0.05, 0.1) is 12.2 Å². The maximum atomic E-state index is 13.7. The zero-order chi connectivity index (χ0) is 22.5. The Labute approximate surface area is 191 Å². The van der Waals surface area contributed by atoms with Gasteiger partial charge in [0.15, 0.2) is 0 Å². The molecule has 6 heteroatoms. The van der Waals surface area contributed by atoms with E-state index < -0.39 is 0 Å². The number of piperidine rings is 1. The molecule has 6 nitrogen and oxygen atoms in total. The molecule has 3 aliphatic rings. The summed E-state index contributed by atoms with van der Waals surface area (Å²) in [6.07, 6.45) is 9.04. The molecule has 1 unspecified atom stereocenters. The Morgan fingerprint density at radius 3 is 2.34 bits per heavy atom. The monoisotopic (exact) mass is 440 g/mol. The molecule has 1 atom stereocenters. The van der Waals surface area contributed by atoms with Crippen LogP contribution < -0.4 is 4.74 Å². The Morgan fingerprint density at radius 2 is 1.69 bits per heavy atom. The van der Waals surface area contributed by atoms with Gasteiger partial charge in [0.25, 0.3) is 11.8 Å². The molecule has 4 rings (SSSR count). The van der Waals surface area contributed by atoms with E-state index in [-0.39, 0.29) is 30.4 Å². The van der Waals surface area contributed by atoms with Gasteiger partial charge in [-0.2, -0.15) is 0 Å². The molecule has 0 bridgehead atoms. The summed E-state index contributed by atoms with van der Waals surface area (Å²) in [6.45, 7) is 4.18. The summed E-state index contributed by atoms with van der Waals surface area (Å²) in [5.41, 5.74) is 1.81. The van der Waals surface area contributed by atoms with E-state index in [9.17, 15) is 14.7 Å². The quantitative estimate of drug-likeness (QED) is 0.513. The van der Waals surface area contributed by atoms with E-state index in [2.05, 4.69) is 11.8 Å². The van der Waals surface area contributed by atoms with Gasteiger partial charge < -0.3 is 14.7 Å². The zero-order valence-electron chi connectivity index (χ0n) is 19.2. The van der Waals surface area contributed by atoms with E-state index in [0.29, 0.717) is 24.4 Å². The Hall–Kier alpha value is -2.34. The number of benzene rings is 1. The number of likely N-dealkylation sites (tertiary alicyclic amines) is 1. The van der Waals surface area contributed by atoms with Crippen molar-refractivity contribution in [1.29, 1.82) is 0 Å². The molecule has 32 heavy (non-hydrogen) atoms. The van der Waals surface area contributed by atoms with E-state index in [0.717, 1.165) is 62.8 Å². The molecule has 2 fully saturated rings. The lowest BCUT2D eigenvalue weighted by atomic mass is 9.97. The van der Waals surface area contributed by atoms with Crippen molar-refractivity contribution in [2.24, 2.45) is 5.92 Å². The van der Waals surface area contributed by atoms with Gasteiger partial charge in [0.2, 0.25) is 0 Å². The van der Waals surface area contributed by atoms with Crippen molar-refractivity contribution in [2.75, 3.05) is 26.3 Å². The molecule has 2 aliphatic heterocycles. The third-order valence-corrected chi connectivity index (χ3v) is 6.99. The SMILES string of the molecule is CCCOc1ccc(C2=C(N3CCCC(CO)C3)C(=O)N(C3CCCCCC3)C2=O)cc1. The summed E-state index contributed by atoms with van der Waals surface area (Å²) in [4.78, 5) is 31.1. The number of hydrogen-bond acceptors (Lipinski definition) is 5. The highest BCUT2D eigenvalue weighted by atomic mass is 16.5. The Kier molecular flexibility index (Phi) is 7.51. The molecule has 1 N–H and O–H groups in total. The highest BCUT2D eigenvalue weighted by molar-refractivity contribution is 6.35. The number of aliphatic hydroxyl groups is 1. The first-order chi connectivity index (χ1) is 15.6. The van der Waals surface area contributed by atoms with Crippen molar-refractivity contribution < 1.29 is 19.4 Å². The van der Waals surface area contributed by atoms with Crippen molar-refractivity contribution in [3.8, 4) is 5.75 Å². The second kappa shape index (κ2) is 10.5. The molecule has 0 spiro atoms. The topological polar surface area (TPSA) is 70.1 Å². The minimum absolute atomic E-state index is 0.0180. The molecule has 2 amide bonds. The van der Waals surface area contributed by atoms with Crippen molar-refractivity contribution in [3.63, 3.8) is 0 Å². The van der Waals surface area contributed by atoms with Gasteiger partial charge in [-0.25, -0.2) is 0 Å². The van der Waals surface area contributed by atoms with E-state index in [4.69, 9.17) is 4.74 Å². The Bertz CT molecular complexity index is 840. The average molecular weight is 441 g/mol. The molecule has 0 radical (unpaired) electrons. The van der Waals surface area contributed by atoms with Gasteiger partial charge in [-0.05, 0) is 55.7 Å². The minimum atomic E-state index is -0.162. The minimum Gasteiger partial charge on any atom is -0.494 e. The van der Waals surface area contributed by atoms with Crippen LogP contribution in [-0.2, 0) is 9.59 Å². The summed E-state index contributed by atoms with van der Waals surface area (Å²) < 4.78 is 5.71. The number of hydrogen-bond donors (Lipinski definition) is 1. The Balaban J connectivity index is 1.69. The van der Waals surface area contributed by atoms with Crippen LogP contribution in [0.4, 0.5) is 0 Å². The molecule has 2 heterocycles. The lowest BCUT2D eigenvalue weighted by molar-refractivity contribution is -0.140. The van der Waals surface area contributed by atoms with Gasteiger partial charge in [-0.3, -0.25) is 14.5 Å². The lowest BCUT2D eigenvalue weighted by Gasteiger charge is -2.34. The highest BCUT2D eigenvalue weighted by Gasteiger charge is 2.45. The summed E-state index contributed by atoms with van der Waals surface area (Å²) >= 11 is 0. The van der Waals surface area contributed by atoms with Gasteiger partial charge >= 0.3 is 0 Å². The first-order valence-corrected chi connectivity index (χ1v) is 12.3. The molecule has 1 saturated heterocycles. The van der Waals surface area contributed by atoms with E-state index in [1.165, 1.54) is 12.8 Å². The van der Waals surface area contributed by atoms with Crippen molar-refractivity contribution >= 4 is 17.4 Å². The molecule has 1 aromatic carbocycles. The van der Waals surface area contributed by atoms with Crippen molar-refractivity contribution in [3.05, 3.63) is 35.5 Å². The summed E-state index contributed by atoms with van der Waals surface area (Å²) in [6, 6.07) is 7.55. The maximum Gasteiger partial charge on any atom is 0.278 e. The number of carbonyl (C=O) groups excluding carboxylic acids is 2. The van der Waals surface area contributed by atoms with Gasteiger partial charge in [0.1, 0.15) is 11.4 Å². The molecule has 1 aromatic rings. The van der Waals surface area contributed by atoms with Crippen LogP contribution in [0.25, 0.3) is 5.57 Å². The molecular formula is C26H36N2O4. The number of carbonyl (C=O) groups is 2. The van der Waals surface area contributed by atoms with Crippen LogP contribution in [0.15, 0.2) is 30.0 Å². The fraction of sp³-hybridized carbons (Fsp3) is 0.615. The number of ether oxygens (including phenoxy) is 1. The number of nitrogens with zero attached hydrogens (tertiary/aromatic N) is 2. The summed E-state index contributed by atoms with van der Waals surface area (Å²) in [5, 5.41) is 9.72. The van der Waals surface area contributed by atoms with Gasteiger partial charge in [0, 0.05) is 25.7 Å². The first kappa shape index (κ1) is 22.8. The largest absolute Gasteiger partial charge is 0.494 e. The van der Waals surface area contributed by atoms with Crippen molar-refractivity contribution in [1.82, 2.24) is 9.80 Å². The van der Waals surface area contributed by atoms with Crippen LogP contribution in [0.3, 0.4) is 0 Å². The molecule has 1 saturated carbocycles. The van der Waals surface area contributed by atoms with E-state index in [1.54, 1.807) is 4.90 Å². The normalized spacial score (nSPS) is 23.1. The second-order valence-corrected chi connectivity index (χ2v) is 9.36. The number of rotatable bonds is 7. The molecule has 174 valence electrons. The maximum absolute atomic E-state index is 13.7. The first-order valence-electron chi connectivity index (χ1n) is 12.3. The van der Waals surface area contributed by atoms with E-state index >= 15 is 0 Å². The number of imide groups is 1. The lowest BCUT2D eigenvalue weighted by Crippen LogP contribution is -2.44. The van der Waals surface area contributed by atoms with E-state index in [1.807, 2.05) is 24.3 Å². The fourth-order valence-electron chi connectivity index (χ4n) is 5.29. The van der Waals surface area contributed by atoms with Crippen LogP contribution in [-0.4, -0.2) is 59.1 Å². The third kappa shape index (κ3) is 4.70. The van der Waals surface area contributed by atoms with Crippen LogP contribution in [0.1, 0.15) is 70.3 Å². The number of amides is 2. The average Bonchev–Trinajstić information content (AvgIpc) is 2.97. The highest BCUT2D eigenvalue weighted by Crippen LogP contribution is 2.37. The standard InChI is InChI=1S/C26H36N2O4/c1-2-16-32-22-13-11-20(12-14-22)23-24(27-15-7-8-19(17-27)18-29)26(31)28(25(23)30)21-9-5-3-4-6-10-21/h11-14,19,21,29H,2-10,15-18H2,1H3. The summed E-state index contributed by atoms with van der Waals surface area (Å²) in [5.74, 6) is 0.595. The predicted molar refractivity (Wildman–Crippen MR) is 124 cm³/mol. The van der Waals surface area contributed by atoms with Crippen LogP contribution in [0.5, 0.6) is 5.75 Å². The van der Waals surface area contributed by atoms with Gasteiger partial charge in [-0.1, -0.05) is 44.7 Å². The van der Waals surface area contributed by atoms with Crippen LogP contribution >= 0.6 is 0 Å².